The fourth-order valence-electron chi connectivity index (χ4n) is 0.648. The molecule has 6 heteroatoms. The first-order chi connectivity index (χ1) is 5.47. The molecule has 1 aromatic heterocycles. The molecule has 66 valence electrons. The largest absolute Gasteiger partial charge is 0.240 e. The summed E-state index contributed by atoms with van der Waals surface area (Å²) in [5.41, 5.74) is 0.880. The monoisotopic (exact) mass is 206 g/mol. The quantitative estimate of drug-likeness (QED) is 0.674. The van der Waals surface area contributed by atoms with Crippen LogP contribution >= 0.6 is 10.7 Å². The highest BCUT2D eigenvalue weighted by molar-refractivity contribution is 8.13. The van der Waals surface area contributed by atoms with Gasteiger partial charge in [0.1, 0.15) is 11.6 Å². The molecule has 0 aromatic carbocycles. The zero-order chi connectivity index (χ0) is 9.19. The van der Waals surface area contributed by atoms with E-state index in [4.69, 9.17) is 10.7 Å². The summed E-state index contributed by atoms with van der Waals surface area (Å²) in [5, 5.41) is 0. The third kappa shape index (κ3) is 3.15. The van der Waals surface area contributed by atoms with Crippen molar-refractivity contribution in [2.24, 2.45) is 0 Å². The number of aryl methyl sites for hydroxylation is 1. The summed E-state index contributed by atoms with van der Waals surface area (Å²) in [6.45, 7) is 1.82. The Balaban J connectivity index is 2.85. The standard InChI is InChI=1S/C6H7ClN2O2S/c1-5-2-8-6(9-3-5)4-12(7,10)11/h2-3H,4H2,1H3. The molecular weight excluding hydrogens is 200 g/mol. The summed E-state index contributed by atoms with van der Waals surface area (Å²) >= 11 is 0. The third-order valence-electron chi connectivity index (χ3n) is 1.14. The molecule has 0 radical (unpaired) electrons. The topological polar surface area (TPSA) is 59.9 Å². The van der Waals surface area contributed by atoms with E-state index < -0.39 is 9.05 Å². The van der Waals surface area contributed by atoms with Gasteiger partial charge in [0.05, 0.1) is 0 Å². The second-order valence-corrected chi connectivity index (χ2v) is 5.14. The van der Waals surface area contributed by atoms with Crippen molar-refractivity contribution in [1.29, 1.82) is 0 Å². The van der Waals surface area contributed by atoms with Crippen LogP contribution in [0.5, 0.6) is 0 Å². The number of nitrogens with zero attached hydrogens (tertiary/aromatic N) is 2. The highest BCUT2D eigenvalue weighted by Gasteiger charge is 2.08. The lowest BCUT2D eigenvalue weighted by Crippen LogP contribution is -2.00. The maximum Gasteiger partial charge on any atom is 0.239 e. The van der Waals surface area contributed by atoms with Crippen molar-refractivity contribution in [3.8, 4) is 0 Å². The van der Waals surface area contributed by atoms with E-state index in [2.05, 4.69) is 9.97 Å². The third-order valence-corrected chi connectivity index (χ3v) is 2.07. The first kappa shape index (κ1) is 9.41. The number of hydrogen-bond acceptors (Lipinski definition) is 4. The Hall–Kier alpha value is -0.680. The lowest BCUT2D eigenvalue weighted by molar-refractivity contribution is 0.607. The van der Waals surface area contributed by atoms with E-state index in [9.17, 15) is 8.42 Å². The van der Waals surface area contributed by atoms with Crippen LogP contribution in [0, 0.1) is 6.92 Å². The summed E-state index contributed by atoms with van der Waals surface area (Å²) in [6.07, 6.45) is 3.09. The van der Waals surface area contributed by atoms with Gasteiger partial charge in [0, 0.05) is 23.1 Å². The maximum absolute atomic E-state index is 10.6. The molecule has 12 heavy (non-hydrogen) atoms. The molecule has 0 bridgehead atoms. The van der Waals surface area contributed by atoms with Gasteiger partial charge < -0.3 is 0 Å². The van der Waals surface area contributed by atoms with Gasteiger partial charge in [-0.2, -0.15) is 0 Å². The maximum atomic E-state index is 10.6. The fraction of sp³-hybridized carbons (Fsp3) is 0.333. The first-order valence-electron chi connectivity index (χ1n) is 3.17. The average molecular weight is 207 g/mol. The second kappa shape index (κ2) is 3.37. The van der Waals surface area contributed by atoms with Gasteiger partial charge in [-0.3, -0.25) is 0 Å². The molecule has 0 unspecified atom stereocenters. The average Bonchev–Trinajstić information content (AvgIpc) is 1.91. The molecule has 0 fully saturated rings. The first-order valence-corrected chi connectivity index (χ1v) is 5.65. The molecule has 1 rings (SSSR count). The molecule has 0 amide bonds. The molecular formula is C6H7ClN2O2S. The Morgan fingerprint density at radius 2 is 1.92 bits per heavy atom. The Kier molecular flexibility index (Phi) is 2.64. The van der Waals surface area contributed by atoms with E-state index in [1.54, 1.807) is 12.4 Å². The summed E-state index contributed by atoms with van der Waals surface area (Å²) in [6, 6.07) is 0. The van der Waals surface area contributed by atoms with Crippen LogP contribution in [-0.2, 0) is 14.8 Å². The summed E-state index contributed by atoms with van der Waals surface area (Å²) in [7, 11) is 1.46. The van der Waals surface area contributed by atoms with Gasteiger partial charge in [0.15, 0.2) is 0 Å². The van der Waals surface area contributed by atoms with Crippen LogP contribution in [0.4, 0.5) is 0 Å². The lowest BCUT2D eigenvalue weighted by atomic mass is 10.4. The van der Waals surface area contributed by atoms with Gasteiger partial charge in [-0.25, -0.2) is 18.4 Å². The van der Waals surface area contributed by atoms with E-state index in [1.165, 1.54) is 0 Å². The molecule has 0 aliphatic heterocycles. The van der Waals surface area contributed by atoms with Gasteiger partial charge in [-0.1, -0.05) is 0 Å². The molecule has 0 aliphatic carbocycles. The number of aromatic nitrogens is 2. The summed E-state index contributed by atoms with van der Waals surface area (Å²) in [5.74, 6) is -0.106. The Morgan fingerprint density at radius 1 is 1.42 bits per heavy atom. The number of hydrogen-bond donors (Lipinski definition) is 0. The Morgan fingerprint density at radius 3 is 2.33 bits per heavy atom. The van der Waals surface area contributed by atoms with Crippen LogP contribution in [0.25, 0.3) is 0 Å². The Bertz CT molecular complexity index is 360. The van der Waals surface area contributed by atoms with Gasteiger partial charge in [-0.15, -0.1) is 0 Å². The molecule has 0 saturated carbocycles. The zero-order valence-corrected chi connectivity index (χ0v) is 7.93. The molecule has 0 aliphatic rings. The van der Waals surface area contributed by atoms with Crippen LogP contribution in [0.15, 0.2) is 12.4 Å². The highest BCUT2D eigenvalue weighted by Crippen LogP contribution is 2.04. The van der Waals surface area contributed by atoms with Crippen molar-refractivity contribution < 1.29 is 8.42 Å². The van der Waals surface area contributed by atoms with Gasteiger partial charge in [0.25, 0.3) is 0 Å². The van der Waals surface area contributed by atoms with Crippen LogP contribution in [0.3, 0.4) is 0 Å². The molecule has 0 spiro atoms. The van der Waals surface area contributed by atoms with Crippen molar-refractivity contribution in [3.05, 3.63) is 23.8 Å². The molecule has 1 aromatic rings. The van der Waals surface area contributed by atoms with E-state index in [1.807, 2.05) is 6.92 Å². The molecule has 4 nitrogen and oxygen atoms in total. The smallest absolute Gasteiger partial charge is 0.239 e. The minimum absolute atomic E-state index is 0.218. The van der Waals surface area contributed by atoms with Gasteiger partial charge in [-0.05, 0) is 12.5 Å². The van der Waals surface area contributed by atoms with E-state index in [0.29, 0.717) is 0 Å². The predicted octanol–water partition coefficient (Wildman–Crippen LogP) is 0.854. The second-order valence-electron chi connectivity index (χ2n) is 2.36. The van der Waals surface area contributed by atoms with Crippen LogP contribution < -0.4 is 0 Å². The van der Waals surface area contributed by atoms with Gasteiger partial charge in [0.2, 0.25) is 9.05 Å². The van der Waals surface area contributed by atoms with Crippen molar-refractivity contribution in [1.82, 2.24) is 9.97 Å². The SMILES string of the molecule is Cc1cnc(CS(=O)(=O)Cl)nc1. The van der Waals surface area contributed by atoms with Crippen molar-refractivity contribution in [3.63, 3.8) is 0 Å². The van der Waals surface area contributed by atoms with Crippen molar-refractivity contribution in [2.45, 2.75) is 12.7 Å². The number of halogens is 1. The van der Waals surface area contributed by atoms with Crippen LogP contribution in [0.2, 0.25) is 0 Å². The highest BCUT2D eigenvalue weighted by atomic mass is 35.7. The zero-order valence-electron chi connectivity index (χ0n) is 6.36. The van der Waals surface area contributed by atoms with Gasteiger partial charge >= 0.3 is 0 Å². The normalized spacial score (nSPS) is 11.5. The molecule has 0 saturated heterocycles. The minimum Gasteiger partial charge on any atom is -0.240 e. The molecule has 0 N–H and O–H groups in total. The summed E-state index contributed by atoms with van der Waals surface area (Å²) < 4.78 is 21.1. The van der Waals surface area contributed by atoms with E-state index >= 15 is 0 Å². The van der Waals surface area contributed by atoms with E-state index in [-0.39, 0.29) is 11.6 Å². The minimum atomic E-state index is -3.54. The number of rotatable bonds is 2. The van der Waals surface area contributed by atoms with Crippen molar-refractivity contribution in [2.75, 3.05) is 0 Å². The van der Waals surface area contributed by atoms with Crippen LogP contribution in [0.1, 0.15) is 11.4 Å². The molecule has 1 heterocycles. The predicted molar refractivity (Wildman–Crippen MR) is 45.2 cm³/mol. The van der Waals surface area contributed by atoms with Crippen LogP contribution in [-0.4, -0.2) is 18.4 Å². The van der Waals surface area contributed by atoms with E-state index in [0.717, 1.165) is 5.56 Å². The fourth-order valence-corrected chi connectivity index (χ4v) is 1.40. The molecule has 0 atom stereocenters. The van der Waals surface area contributed by atoms with Crippen molar-refractivity contribution >= 4 is 19.7 Å². The Labute approximate surface area is 75.0 Å². The summed E-state index contributed by atoms with van der Waals surface area (Å²) in [4.78, 5) is 7.58. The lowest BCUT2D eigenvalue weighted by Gasteiger charge is -1.95.